The molecule has 19 heavy (non-hydrogen) atoms. The summed E-state index contributed by atoms with van der Waals surface area (Å²) in [5, 5.41) is 0. The minimum atomic E-state index is -1.61. The van der Waals surface area contributed by atoms with E-state index in [0.29, 0.717) is 13.2 Å². The fourth-order valence-electron chi connectivity index (χ4n) is 1.58. The highest BCUT2D eigenvalue weighted by atomic mass is 28.4. The van der Waals surface area contributed by atoms with Crippen LogP contribution >= 0.6 is 0 Å². The summed E-state index contributed by atoms with van der Waals surface area (Å²) < 4.78 is 18.5. The fourth-order valence-corrected chi connectivity index (χ4v) is 4.65. The predicted molar refractivity (Wildman–Crippen MR) is 91.4 cm³/mol. The molecule has 116 valence electrons. The molecule has 0 aromatic heterocycles. The van der Waals surface area contributed by atoms with E-state index in [1.165, 1.54) is 0 Å². The second-order valence-electron chi connectivity index (χ2n) is 8.47. The van der Waals surface area contributed by atoms with Gasteiger partial charge in [-0.2, -0.15) is 0 Å². The molecule has 0 rings (SSSR count). The van der Waals surface area contributed by atoms with Crippen LogP contribution in [-0.4, -0.2) is 43.8 Å². The molecule has 0 saturated carbocycles. The van der Waals surface area contributed by atoms with E-state index in [-0.39, 0.29) is 5.60 Å². The first kappa shape index (κ1) is 19.5. The van der Waals surface area contributed by atoms with Crippen molar-refractivity contribution in [2.45, 2.75) is 71.4 Å². The van der Waals surface area contributed by atoms with Crippen molar-refractivity contribution in [3.05, 3.63) is 0 Å². The molecule has 0 N–H and O–H groups in total. The Balaban J connectivity index is 4.72. The lowest BCUT2D eigenvalue weighted by Gasteiger charge is -2.39. The van der Waals surface area contributed by atoms with Gasteiger partial charge in [0.05, 0.1) is 18.8 Å². The van der Waals surface area contributed by atoms with Gasteiger partial charge in [-0.05, 0) is 65.8 Å². The predicted octanol–water partition coefficient (Wildman–Crippen LogP) is 4.30. The van der Waals surface area contributed by atoms with Crippen LogP contribution in [0, 0.1) is 0 Å². The maximum Gasteiger partial charge on any atom is 0.184 e. The lowest BCUT2D eigenvalue weighted by Crippen LogP contribution is -2.50. The van der Waals surface area contributed by atoms with Crippen LogP contribution in [0.2, 0.25) is 58.9 Å². The van der Waals surface area contributed by atoms with Crippen LogP contribution in [0.3, 0.4) is 0 Å². The van der Waals surface area contributed by atoms with Crippen LogP contribution in [-0.2, 0) is 13.3 Å². The lowest BCUT2D eigenvalue weighted by molar-refractivity contribution is -0.0143. The zero-order valence-corrected chi connectivity index (χ0v) is 17.6. The Bertz CT molecular complexity index is 256. The van der Waals surface area contributed by atoms with Crippen molar-refractivity contribution in [2.24, 2.45) is 0 Å². The molecule has 0 aromatic carbocycles. The summed E-state index contributed by atoms with van der Waals surface area (Å²) in [6.07, 6.45) is 0. The highest BCUT2D eigenvalue weighted by molar-refractivity contribution is 6.70. The first-order chi connectivity index (χ1) is 8.12. The molecular weight excluding hydrogens is 288 g/mol. The van der Waals surface area contributed by atoms with Crippen LogP contribution in [0.1, 0.15) is 6.92 Å². The van der Waals surface area contributed by atoms with Crippen molar-refractivity contribution >= 4 is 25.0 Å². The van der Waals surface area contributed by atoms with Gasteiger partial charge in [0.15, 0.2) is 25.0 Å². The smallest absolute Gasteiger partial charge is 0.184 e. The van der Waals surface area contributed by atoms with Gasteiger partial charge in [-0.3, -0.25) is 0 Å². The quantitative estimate of drug-likeness (QED) is 0.624. The Morgan fingerprint density at radius 1 is 0.632 bits per heavy atom. The first-order valence-corrected chi connectivity index (χ1v) is 17.3. The second-order valence-corrected chi connectivity index (χ2v) is 21.9. The second kappa shape index (κ2) is 6.53. The van der Waals surface area contributed by atoms with E-state index in [0.717, 1.165) is 0 Å². The van der Waals surface area contributed by atoms with E-state index in [9.17, 15) is 0 Å². The fraction of sp³-hybridized carbons (Fsp3) is 1.00. The molecule has 0 atom stereocenters. The van der Waals surface area contributed by atoms with Crippen LogP contribution in [0.25, 0.3) is 0 Å². The monoisotopic (exact) mass is 322 g/mol. The molecule has 0 spiro atoms. The average molecular weight is 323 g/mol. The topological polar surface area (TPSA) is 27.7 Å². The van der Waals surface area contributed by atoms with Gasteiger partial charge in [0.25, 0.3) is 0 Å². The summed E-state index contributed by atoms with van der Waals surface area (Å²) in [5.74, 6) is 0. The summed E-state index contributed by atoms with van der Waals surface area (Å²) in [6, 6.07) is 0. The molecule has 0 amide bonds. The van der Waals surface area contributed by atoms with E-state index in [4.69, 9.17) is 13.3 Å². The summed E-state index contributed by atoms with van der Waals surface area (Å²) in [6.45, 7) is 23.3. The molecule has 0 aliphatic carbocycles. The van der Waals surface area contributed by atoms with Gasteiger partial charge in [0.2, 0.25) is 0 Å². The molecule has 6 heteroatoms. The van der Waals surface area contributed by atoms with Gasteiger partial charge < -0.3 is 13.3 Å². The number of rotatable bonds is 8. The van der Waals surface area contributed by atoms with Crippen molar-refractivity contribution < 1.29 is 13.3 Å². The highest BCUT2D eigenvalue weighted by Crippen LogP contribution is 2.22. The molecule has 0 radical (unpaired) electrons. The summed E-state index contributed by atoms with van der Waals surface area (Å²) >= 11 is 0. The first-order valence-electron chi connectivity index (χ1n) is 7.10. The molecule has 0 fully saturated rings. The SMILES string of the molecule is CC(CO[Si](C)(C)C)(CO[Si](C)(C)C)O[Si](C)(C)C. The van der Waals surface area contributed by atoms with Crippen molar-refractivity contribution in [1.29, 1.82) is 0 Å². The molecule has 0 heterocycles. The number of hydrogen-bond acceptors (Lipinski definition) is 3. The van der Waals surface area contributed by atoms with Gasteiger partial charge in [0.1, 0.15) is 0 Å². The van der Waals surface area contributed by atoms with Crippen molar-refractivity contribution in [1.82, 2.24) is 0 Å². The third-order valence-corrected chi connectivity index (χ3v) is 5.30. The van der Waals surface area contributed by atoms with E-state index < -0.39 is 25.0 Å². The van der Waals surface area contributed by atoms with Crippen LogP contribution in [0.4, 0.5) is 0 Å². The highest BCUT2D eigenvalue weighted by Gasteiger charge is 2.35. The third-order valence-electron chi connectivity index (χ3n) is 2.17. The van der Waals surface area contributed by atoms with Gasteiger partial charge in [0, 0.05) is 0 Å². The van der Waals surface area contributed by atoms with Crippen molar-refractivity contribution in [2.75, 3.05) is 13.2 Å². The summed E-state index contributed by atoms with van der Waals surface area (Å²) in [4.78, 5) is 0. The van der Waals surface area contributed by atoms with E-state index in [2.05, 4.69) is 65.8 Å². The van der Waals surface area contributed by atoms with Crippen molar-refractivity contribution in [3.8, 4) is 0 Å². The third kappa shape index (κ3) is 12.0. The maximum atomic E-state index is 6.35. The summed E-state index contributed by atoms with van der Waals surface area (Å²) in [7, 11) is -4.67. The standard InChI is InChI=1S/C13H34O3Si3/c1-13(16-19(8,9)10,11-14-17(2,3)4)12-15-18(5,6)7/h11-12H2,1-10H3. The number of hydrogen-bond donors (Lipinski definition) is 0. The van der Waals surface area contributed by atoms with E-state index >= 15 is 0 Å². The summed E-state index contributed by atoms with van der Waals surface area (Å²) in [5.41, 5.74) is -0.314. The molecule has 0 unspecified atom stereocenters. The molecule has 0 aromatic rings. The Kier molecular flexibility index (Phi) is 6.71. The van der Waals surface area contributed by atoms with Crippen LogP contribution < -0.4 is 0 Å². The lowest BCUT2D eigenvalue weighted by atomic mass is 10.1. The molecular formula is C13H34O3Si3. The molecule has 3 nitrogen and oxygen atoms in total. The minimum Gasteiger partial charge on any atom is -0.415 e. The van der Waals surface area contributed by atoms with E-state index in [1.807, 2.05) is 0 Å². The van der Waals surface area contributed by atoms with Gasteiger partial charge >= 0.3 is 0 Å². The van der Waals surface area contributed by atoms with Gasteiger partial charge in [-0.1, -0.05) is 0 Å². The van der Waals surface area contributed by atoms with Gasteiger partial charge in [-0.15, -0.1) is 0 Å². The molecule has 0 bridgehead atoms. The molecule has 0 aliphatic heterocycles. The Hall–Kier alpha value is 0.531. The molecule has 0 saturated heterocycles. The molecule has 0 aliphatic rings. The Morgan fingerprint density at radius 3 is 1.16 bits per heavy atom. The maximum absolute atomic E-state index is 6.35. The largest absolute Gasteiger partial charge is 0.415 e. The van der Waals surface area contributed by atoms with E-state index in [1.54, 1.807) is 0 Å². The van der Waals surface area contributed by atoms with Crippen molar-refractivity contribution in [3.63, 3.8) is 0 Å². The van der Waals surface area contributed by atoms with Crippen LogP contribution in [0.15, 0.2) is 0 Å². The zero-order chi connectivity index (χ0) is 15.5. The normalized spacial score (nSPS) is 14.8. The van der Waals surface area contributed by atoms with Crippen LogP contribution in [0.5, 0.6) is 0 Å². The zero-order valence-electron chi connectivity index (χ0n) is 14.6. The minimum absolute atomic E-state index is 0.314. The average Bonchev–Trinajstić information content (AvgIpc) is 2.07. The Morgan fingerprint density at radius 2 is 0.947 bits per heavy atom. The Labute approximate surface area is 123 Å². The van der Waals surface area contributed by atoms with Gasteiger partial charge in [-0.25, -0.2) is 0 Å².